The first-order valence-corrected chi connectivity index (χ1v) is 8.25. The van der Waals surface area contributed by atoms with Crippen LogP contribution in [-0.4, -0.2) is 66.5 Å². The van der Waals surface area contributed by atoms with Crippen LogP contribution in [0.5, 0.6) is 0 Å². The number of alkyl halides is 16. The predicted molar refractivity (Wildman–Crippen MR) is 68.4 cm³/mol. The maximum atomic E-state index is 13.1. The summed E-state index contributed by atoms with van der Waals surface area (Å²) < 4.78 is 218. The molecule has 0 saturated carbocycles. The largest absolute Gasteiger partial charge is 0.472 e. The molecular weight excluding hydrogens is 533 g/mol. The lowest BCUT2D eigenvalue weighted by atomic mass is 10.1. The summed E-state index contributed by atoms with van der Waals surface area (Å²) in [5.41, 5.74) is 0. The van der Waals surface area contributed by atoms with E-state index < -0.39 is 69.4 Å². The summed E-state index contributed by atoms with van der Waals surface area (Å²) in [6.45, 7) is -6.88. The predicted octanol–water partition coefficient (Wildman–Crippen LogP) is 5.62. The van der Waals surface area contributed by atoms with E-state index in [0.717, 1.165) is 0 Å². The number of phosphoric ester groups is 1. The lowest BCUT2D eigenvalue weighted by molar-refractivity contribution is -0.345. The van der Waals surface area contributed by atoms with Gasteiger partial charge in [-0.05, 0) is 0 Å². The zero-order chi connectivity index (χ0) is 25.5. The van der Waals surface area contributed by atoms with Crippen molar-refractivity contribution in [2.75, 3.05) is 13.2 Å². The SMILES string of the molecule is N.O=P(O)(OCC(F)(F)C(F)(F)C(F)(F)C(F)F)OCC(F)(F)C(F)(F)C(F)(F)C(F)F. The fourth-order valence-corrected chi connectivity index (χ4v) is 2.03. The van der Waals surface area contributed by atoms with Gasteiger partial charge in [-0.1, -0.05) is 0 Å². The van der Waals surface area contributed by atoms with Crippen LogP contribution in [0, 0.1) is 0 Å². The molecule has 5 nitrogen and oxygen atoms in total. The maximum Gasteiger partial charge on any atom is 0.472 e. The van der Waals surface area contributed by atoms with E-state index in [-0.39, 0.29) is 6.15 Å². The smallest absolute Gasteiger partial charge is 0.344 e. The van der Waals surface area contributed by atoms with E-state index in [1.807, 2.05) is 0 Å². The van der Waals surface area contributed by atoms with E-state index in [4.69, 9.17) is 4.89 Å². The van der Waals surface area contributed by atoms with Crippen molar-refractivity contribution in [1.82, 2.24) is 6.15 Å². The molecule has 4 N–H and O–H groups in total. The Kier molecular flexibility index (Phi) is 10.0. The van der Waals surface area contributed by atoms with Gasteiger partial charge in [0.15, 0.2) is 0 Å². The average Bonchev–Trinajstić information content (AvgIpc) is 2.57. The minimum absolute atomic E-state index is 0. The van der Waals surface area contributed by atoms with Gasteiger partial charge >= 0.3 is 56.2 Å². The molecule has 0 aromatic rings. The molecule has 0 aliphatic carbocycles. The lowest BCUT2D eigenvalue weighted by Gasteiger charge is -2.33. The lowest BCUT2D eigenvalue weighted by Crippen LogP contribution is -2.59. The standard InChI is InChI=1S/C10H7F16O4P.H3N/c11-3(12)7(19,20)9(23,24)5(15,16)1-29-31(27,28)30-2-6(17,18)10(25,26)8(21,22)4(13)14;/h3-4H,1-2H2,(H,27,28);1H3. The maximum absolute atomic E-state index is 13.1. The molecule has 0 heterocycles. The van der Waals surface area contributed by atoms with Gasteiger partial charge in [-0.25, -0.2) is 22.1 Å². The number of hydrogen-bond acceptors (Lipinski definition) is 4. The quantitative estimate of drug-likeness (QED) is 0.246. The highest BCUT2D eigenvalue weighted by Crippen LogP contribution is 2.54. The summed E-state index contributed by atoms with van der Waals surface area (Å²) in [7, 11) is -6.67. The van der Waals surface area contributed by atoms with Crippen LogP contribution < -0.4 is 6.15 Å². The van der Waals surface area contributed by atoms with Crippen LogP contribution >= 0.6 is 7.82 Å². The fourth-order valence-electron chi connectivity index (χ4n) is 1.31. The first-order chi connectivity index (χ1) is 13.3. The Morgan fingerprint density at radius 1 is 0.625 bits per heavy atom. The van der Waals surface area contributed by atoms with Crippen molar-refractivity contribution in [3.05, 3.63) is 0 Å². The highest BCUT2D eigenvalue weighted by molar-refractivity contribution is 7.47. The monoisotopic (exact) mass is 543 g/mol. The van der Waals surface area contributed by atoms with E-state index in [9.17, 15) is 74.8 Å². The van der Waals surface area contributed by atoms with Crippen molar-refractivity contribution >= 4 is 7.82 Å². The second kappa shape index (κ2) is 9.67. The van der Waals surface area contributed by atoms with Gasteiger partial charge in [-0.3, -0.25) is 9.05 Å². The third kappa shape index (κ3) is 6.09. The van der Waals surface area contributed by atoms with Gasteiger partial charge in [0.1, 0.15) is 13.2 Å². The van der Waals surface area contributed by atoms with Crippen LogP contribution in [0.3, 0.4) is 0 Å². The van der Waals surface area contributed by atoms with E-state index in [2.05, 4.69) is 9.05 Å². The van der Waals surface area contributed by atoms with Gasteiger partial charge in [-0.2, -0.15) is 52.7 Å². The van der Waals surface area contributed by atoms with Crippen LogP contribution in [0.25, 0.3) is 0 Å². The Morgan fingerprint density at radius 2 is 0.844 bits per heavy atom. The molecule has 0 rings (SSSR count). The highest BCUT2D eigenvalue weighted by Gasteiger charge is 2.77. The minimum atomic E-state index is -7.00. The Balaban J connectivity index is 0. The Labute approximate surface area is 165 Å². The van der Waals surface area contributed by atoms with Crippen molar-refractivity contribution in [2.24, 2.45) is 0 Å². The number of rotatable bonds is 12. The number of hydrogen-bond donors (Lipinski definition) is 2. The fraction of sp³-hybridized carbons (Fsp3) is 1.00. The van der Waals surface area contributed by atoms with E-state index in [1.165, 1.54) is 0 Å². The van der Waals surface area contributed by atoms with E-state index in [1.54, 1.807) is 0 Å². The van der Waals surface area contributed by atoms with E-state index in [0.29, 0.717) is 0 Å². The molecule has 32 heavy (non-hydrogen) atoms. The van der Waals surface area contributed by atoms with Gasteiger partial charge in [-0.15, -0.1) is 0 Å². The summed E-state index contributed by atoms with van der Waals surface area (Å²) in [6.07, 6.45) is -10.8. The van der Waals surface area contributed by atoms with Gasteiger partial charge in [0.05, 0.1) is 0 Å². The summed E-state index contributed by atoms with van der Waals surface area (Å²) in [5.74, 6) is -40.4. The molecule has 0 atom stereocenters. The molecule has 0 amide bonds. The summed E-state index contributed by atoms with van der Waals surface area (Å²) in [4.78, 5) is 8.68. The van der Waals surface area contributed by atoms with Crippen molar-refractivity contribution < 1.29 is 88.8 Å². The summed E-state index contributed by atoms with van der Waals surface area (Å²) >= 11 is 0. The molecule has 0 aromatic heterocycles. The van der Waals surface area contributed by atoms with Crippen molar-refractivity contribution in [3.8, 4) is 0 Å². The summed E-state index contributed by atoms with van der Waals surface area (Å²) in [5, 5.41) is 0. The number of halogens is 16. The first-order valence-electron chi connectivity index (χ1n) is 6.75. The topological polar surface area (TPSA) is 90.8 Å². The highest BCUT2D eigenvalue weighted by atomic mass is 31.2. The first kappa shape index (κ1) is 33.1. The second-order valence-electron chi connectivity index (χ2n) is 5.42. The minimum Gasteiger partial charge on any atom is -0.344 e. The molecule has 196 valence electrons. The van der Waals surface area contributed by atoms with Crippen LogP contribution in [0.1, 0.15) is 0 Å². The molecular formula is C10H10F16NO4P. The molecule has 0 fully saturated rings. The van der Waals surface area contributed by atoms with Crippen molar-refractivity contribution in [3.63, 3.8) is 0 Å². The Hall–Kier alpha value is -1.05. The van der Waals surface area contributed by atoms with Crippen LogP contribution in [0.2, 0.25) is 0 Å². The molecule has 0 aromatic carbocycles. The normalized spacial score (nSPS) is 15.3. The third-order valence-corrected chi connectivity index (χ3v) is 4.03. The zero-order valence-corrected chi connectivity index (χ0v) is 15.3. The second-order valence-corrected chi connectivity index (χ2v) is 6.87. The Morgan fingerprint density at radius 3 is 1.03 bits per heavy atom. The van der Waals surface area contributed by atoms with Gasteiger partial charge in [0.2, 0.25) is 0 Å². The van der Waals surface area contributed by atoms with Crippen molar-refractivity contribution in [1.29, 1.82) is 0 Å². The van der Waals surface area contributed by atoms with Gasteiger partial charge < -0.3 is 11.0 Å². The molecule has 0 radical (unpaired) electrons. The molecule has 0 aliphatic rings. The van der Waals surface area contributed by atoms with Crippen LogP contribution in [0.15, 0.2) is 0 Å². The van der Waals surface area contributed by atoms with Gasteiger partial charge in [0, 0.05) is 0 Å². The molecule has 22 heteroatoms. The van der Waals surface area contributed by atoms with Crippen LogP contribution in [-0.2, 0) is 13.6 Å². The van der Waals surface area contributed by atoms with Gasteiger partial charge in [0.25, 0.3) is 0 Å². The average molecular weight is 543 g/mol. The molecule has 0 bridgehead atoms. The number of phosphoric acid groups is 1. The molecule has 0 spiro atoms. The van der Waals surface area contributed by atoms with Crippen molar-refractivity contribution in [2.45, 2.75) is 48.4 Å². The molecule has 0 saturated heterocycles. The van der Waals surface area contributed by atoms with Crippen LogP contribution in [0.4, 0.5) is 70.2 Å². The zero-order valence-electron chi connectivity index (χ0n) is 14.4. The van der Waals surface area contributed by atoms with E-state index >= 15 is 0 Å². The Bertz CT molecular complexity index is 619. The third-order valence-electron chi connectivity index (χ3n) is 3.12. The summed E-state index contributed by atoms with van der Waals surface area (Å²) in [6, 6.07) is 0. The molecule has 0 aliphatic heterocycles. The molecule has 0 unspecified atom stereocenters.